The van der Waals surface area contributed by atoms with Crippen molar-refractivity contribution in [2.75, 3.05) is 39.8 Å². The van der Waals surface area contributed by atoms with Crippen LogP contribution in [-0.2, 0) is 6.54 Å². The number of aromatic nitrogens is 1. The van der Waals surface area contributed by atoms with E-state index in [1.807, 2.05) is 0 Å². The quantitative estimate of drug-likeness (QED) is 0.243. The number of piperidine rings is 1. The Morgan fingerprint density at radius 3 is 2.69 bits per heavy atom. The molecule has 5 nitrogen and oxygen atoms in total. The number of aryl methyl sites for hydroxylation is 1. The van der Waals surface area contributed by atoms with Gasteiger partial charge in [-0.2, -0.15) is 0 Å². The fourth-order valence-corrected chi connectivity index (χ4v) is 3.86. The third kappa shape index (κ3) is 8.99. The molecule has 0 unspecified atom stereocenters. The summed E-state index contributed by atoms with van der Waals surface area (Å²) < 4.78 is 0. The summed E-state index contributed by atoms with van der Waals surface area (Å²) in [6.07, 6.45) is 7.95. The van der Waals surface area contributed by atoms with Gasteiger partial charge in [-0.25, -0.2) is 4.98 Å². The lowest BCUT2D eigenvalue weighted by molar-refractivity contribution is 0.224. The second-order valence-electron chi connectivity index (χ2n) is 6.91. The highest BCUT2D eigenvalue weighted by atomic mass is 127. The molecular formula is C19H36IN5S. The summed E-state index contributed by atoms with van der Waals surface area (Å²) in [6, 6.07) is 0. The largest absolute Gasteiger partial charge is 0.357 e. The zero-order chi connectivity index (χ0) is 17.9. The highest BCUT2D eigenvalue weighted by Gasteiger charge is 2.10. The van der Waals surface area contributed by atoms with Gasteiger partial charge < -0.3 is 15.1 Å². The summed E-state index contributed by atoms with van der Waals surface area (Å²) in [5, 5.41) is 6.65. The van der Waals surface area contributed by atoms with Crippen LogP contribution in [0.5, 0.6) is 0 Å². The molecule has 1 aliphatic heterocycles. The summed E-state index contributed by atoms with van der Waals surface area (Å²) in [6.45, 7) is 10.7. The van der Waals surface area contributed by atoms with Crippen molar-refractivity contribution in [3.63, 3.8) is 0 Å². The second kappa shape index (κ2) is 13.7. The van der Waals surface area contributed by atoms with Crippen molar-refractivity contribution in [2.45, 2.75) is 58.9 Å². The Hall–Kier alpha value is -0.410. The Bertz CT molecular complexity index is 514. The lowest BCUT2D eigenvalue weighted by Gasteiger charge is -2.26. The lowest BCUT2D eigenvalue weighted by atomic mass is 10.1. The van der Waals surface area contributed by atoms with Crippen molar-refractivity contribution >= 4 is 41.3 Å². The number of hydrogen-bond donors (Lipinski definition) is 1. The summed E-state index contributed by atoms with van der Waals surface area (Å²) in [4.78, 5) is 14.1. The number of likely N-dealkylation sites (tertiary alicyclic amines) is 1. The third-order valence-electron chi connectivity index (χ3n) is 4.60. The fourth-order valence-electron chi connectivity index (χ4n) is 3.26. The van der Waals surface area contributed by atoms with E-state index in [2.05, 4.69) is 46.4 Å². The molecule has 2 rings (SSSR count). The van der Waals surface area contributed by atoms with Gasteiger partial charge in [-0.3, -0.25) is 4.99 Å². The first kappa shape index (κ1) is 23.6. The van der Waals surface area contributed by atoms with E-state index in [-0.39, 0.29) is 24.0 Å². The van der Waals surface area contributed by atoms with Crippen LogP contribution in [0, 0.1) is 6.92 Å². The molecule has 0 atom stereocenters. The minimum atomic E-state index is 0. The fraction of sp³-hybridized carbons (Fsp3) is 0.789. The average molecular weight is 494 g/mol. The van der Waals surface area contributed by atoms with Gasteiger partial charge in [0, 0.05) is 25.5 Å². The Labute approximate surface area is 180 Å². The van der Waals surface area contributed by atoms with E-state index >= 15 is 0 Å². The summed E-state index contributed by atoms with van der Waals surface area (Å²) in [7, 11) is 2.09. The normalized spacial score (nSPS) is 15.6. The Balaban J connectivity index is 0.00000338. The van der Waals surface area contributed by atoms with E-state index in [4.69, 9.17) is 4.99 Å². The van der Waals surface area contributed by atoms with E-state index in [0.29, 0.717) is 0 Å². The van der Waals surface area contributed by atoms with Crippen molar-refractivity contribution in [1.82, 2.24) is 20.1 Å². The third-order valence-corrected chi connectivity index (χ3v) is 5.43. The maximum absolute atomic E-state index is 4.79. The predicted octanol–water partition coefficient (Wildman–Crippen LogP) is 4.12. The first-order valence-corrected chi connectivity index (χ1v) is 10.7. The number of halogens is 1. The number of rotatable bonds is 9. The molecule has 1 fully saturated rings. The number of guanidine groups is 1. The van der Waals surface area contributed by atoms with Crippen molar-refractivity contribution in [1.29, 1.82) is 0 Å². The Morgan fingerprint density at radius 1 is 1.27 bits per heavy atom. The molecule has 1 saturated heterocycles. The van der Waals surface area contributed by atoms with Gasteiger partial charge in [-0.15, -0.1) is 35.3 Å². The maximum atomic E-state index is 4.79. The van der Waals surface area contributed by atoms with Gasteiger partial charge in [-0.1, -0.05) is 12.8 Å². The van der Waals surface area contributed by atoms with Crippen LogP contribution in [0.2, 0.25) is 0 Å². The van der Waals surface area contributed by atoms with Gasteiger partial charge in [0.15, 0.2) is 5.96 Å². The molecule has 0 radical (unpaired) electrons. The van der Waals surface area contributed by atoms with Crippen LogP contribution in [0.4, 0.5) is 0 Å². The van der Waals surface area contributed by atoms with Crippen molar-refractivity contribution < 1.29 is 0 Å². The molecule has 2 heterocycles. The second-order valence-corrected chi connectivity index (χ2v) is 7.97. The highest BCUT2D eigenvalue weighted by molar-refractivity contribution is 14.0. The topological polar surface area (TPSA) is 43.8 Å². The molecule has 150 valence electrons. The Kier molecular flexibility index (Phi) is 12.5. The number of nitrogens with one attached hydrogen (secondary N) is 1. The zero-order valence-electron chi connectivity index (χ0n) is 16.7. The van der Waals surface area contributed by atoms with Crippen LogP contribution in [0.15, 0.2) is 10.4 Å². The number of thiazole rings is 1. The van der Waals surface area contributed by atoms with Crippen molar-refractivity contribution in [3.05, 3.63) is 16.1 Å². The van der Waals surface area contributed by atoms with Crippen LogP contribution >= 0.6 is 35.3 Å². The van der Waals surface area contributed by atoms with E-state index in [0.717, 1.165) is 36.3 Å². The monoisotopic (exact) mass is 493 g/mol. The molecule has 1 aromatic heterocycles. The first-order valence-electron chi connectivity index (χ1n) is 9.82. The van der Waals surface area contributed by atoms with Gasteiger partial charge >= 0.3 is 0 Å². The molecule has 1 N–H and O–H groups in total. The molecule has 0 saturated carbocycles. The lowest BCUT2D eigenvalue weighted by Crippen LogP contribution is -2.38. The highest BCUT2D eigenvalue weighted by Crippen LogP contribution is 2.11. The van der Waals surface area contributed by atoms with E-state index in [1.165, 1.54) is 58.2 Å². The summed E-state index contributed by atoms with van der Waals surface area (Å²) >= 11 is 1.71. The number of hydrogen-bond acceptors (Lipinski definition) is 4. The van der Waals surface area contributed by atoms with E-state index < -0.39 is 0 Å². The molecule has 0 aromatic carbocycles. The van der Waals surface area contributed by atoms with Gasteiger partial charge in [0.2, 0.25) is 0 Å². The SMILES string of the molecule is CCNC(=NCCCCCN1CCCCC1)N(C)Cc1csc(C)n1.I. The van der Waals surface area contributed by atoms with Gasteiger partial charge in [0.05, 0.1) is 17.2 Å². The van der Waals surface area contributed by atoms with Crippen molar-refractivity contribution in [2.24, 2.45) is 4.99 Å². The van der Waals surface area contributed by atoms with Crippen LogP contribution < -0.4 is 5.32 Å². The summed E-state index contributed by atoms with van der Waals surface area (Å²) in [5.41, 5.74) is 1.12. The van der Waals surface area contributed by atoms with Gasteiger partial charge in [0.1, 0.15) is 0 Å². The molecule has 26 heavy (non-hydrogen) atoms. The molecule has 7 heteroatoms. The predicted molar refractivity (Wildman–Crippen MR) is 124 cm³/mol. The van der Waals surface area contributed by atoms with Crippen molar-refractivity contribution in [3.8, 4) is 0 Å². The number of aliphatic imine (C=N–C) groups is 1. The molecule has 0 aliphatic carbocycles. The standard InChI is InChI=1S/C19H35N5S.HI/c1-4-20-19(23(3)15-18-16-25-17(2)22-18)21-11-7-5-8-12-24-13-9-6-10-14-24;/h16H,4-15H2,1-3H3,(H,20,21);1H. The van der Waals surface area contributed by atoms with Gasteiger partial charge in [0.25, 0.3) is 0 Å². The molecule has 1 aliphatic rings. The Morgan fingerprint density at radius 2 is 2.04 bits per heavy atom. The summed E-state index contributed by atoms with van der Waals surface area (Å²) in [5.74, 6) is 0.990. The average Bonchev–Trinajstić information content (AvgIpc) is 3.02. The maximum Gasteiger partial charge on any atom is 0.194 e. The molecule has 1 aromatic rings. The first-order chi connectivity index (χ1) is 12.2. The molecule has 0 spiro atoms. The van der Waals surface area contributed by atoms with Gasteiger partial charge in [-0.05, 0) is 59.2 Å². The van der Waals surface area contributed by atoms with Crippen LogP contribution in [-0.4, -0.2) is 60.5 Å². The number of unbranched alkanes of at least 4 members (excludes halogenated alkanes) is 2. The van der Waals surface area contributed by atoms with Crippen LogP contribution in [0.25, 0.3) is 0 Å². The van der Waals surface area contributed by atoms with E-state index in [1.54, 1.807) is 11.3 Å². The van der Waals surface area contributed by atoms with Crippen LogP contribution in [0.3, 0.4) is 0 Å². The molecular weight excluding hydrogens is 457 g/mol. The molecule has 0 bridgehead atoms. The van der Waals surface area contributed by atoms with Crippen LogP contribution in [0.1, 0.15) is 56.2 Å². The number of nitrogens with zero attached hydrogens (tertiary/aromatic N) is 4. The smallest absolute Gasteiger partial charge is 0.194 e. The minimum absolute atomic E-state index is 0. The molecule has 0 amide bonds. The zero-order valence-corrected chi connectivity index (χ0v) is 19.8. The minimum Gasteiger partial charge on any atom is -0.357 e. The van der Waals surface area contributed by atoms with E-state index in [9.17, 15) is 0 Å².